The fraction of sp³-hybridized carbons (Fsp3) is 0.357. The Hall–Kier alpha value is -3.65. The van der Waals surface area contributed by atoms with Gasteiger partial charge < -0.3 is 24.3 Å². The number of dihydropyridines is 1. The number of carbonyl (C=O) groups excluding carboxylic acids is 2. The fourth-order valence-corrected chi connectivity index (χ4v) is 4.97. The molecule has 2 aromatic carbocycles. The molecule has 8 heteroatoms. The summed E-state index contributed by atoms with van der Waals surface area (Å²) in [6.07, 6.45) is 0.733. The number of nitrogens with one attached hydrogen (secondary N) is 1. The number of carbonyl (C=O) groups is 2. The van der Waals surface area contributed by atoms with Crippen LogP contribution in [0.25, 0.3) is 0 Å². The van der Waals surface area contributed by atoms with E-state index in [0.717, 1.165) is 5.56 Å². The standard InChI is InChI=1S/C28H30FNO6/c1-16-25(28(32)36-12-11-33-2)26(19-7-5-6-8-20(19)29)27-21(30-16)13-18(14-22(27)31)17-9-10-23(34-3)24(15-17)35-4/h5-10,15,18,26,30H,11-14H2,1-4H3/t18-,26+/m1/s1. The third-order valence-electron chi connectivity index (χ3n) is 6.66. The van der Waals surface area contributed by atoms with Crippen LogP contribution in [-0.4, -0.2) is 46.3 Å². The van der Waals surface area contributed by atoms with Gasteiger partial charge in [0.15, 0.2) is 17.3 Å². The molecule has 190 valence electrons. The molecule has 0 unspecified atom stereocenters. The van der Waals surface area contributed by atoms with Gasteiger partial charge in [0.1, 0.15) is 12.4 Å². The van der Waals surface area contributed by atoms with E-state index in [1.54, 1.807) is 39.3 Å². The molecule has 0 fully saturated rings. The van der Waals surface area contributed by atoms with E-state index in [-0.39, 0.29) is 42.5 Å². The second kappa shape index (κ2) is 11.0. The molecule has 2 aliphatic rings. The lowest BCUT2D eigenvalue weighted by Crippen LogP contribution is -2.36. The predicted octanol–water partition coefficient (Wildman–Crippen LogP) is 4.39. The zero-order valence-corrected chi connectivity index (χ0v) is 20.9. The van der Waals surface area contributed by atoms with E-state index in [1.807, 2.05) is 18.2 Å². The highest BCUT2D eigenvalue weighted by molar-refractivity contribution is 6.04. The minimum atomic E-state index is -0.864. The summed E-state index contributed by atoms with van der Waals surface area (Å²) < 4.78 is 36.2. The number of ketones is 1. The van der Waals surface area contributed by atoms with Crippen LogP contribution in [0.15, 0.2) is 65.0 Å². The Bertz CT molecular complexity index is 1230. The van der Waals surface area contributed by atoms with Crippen LogP contribution in [0.5, 0.6) is 11.5 Å². The molecule has 2 aromatic rings. The Labute approximate surface area is 209 Å². The highest BCUT2D eigenvalue weighted by Crippen LogP contribution is 2.47. The van der Waals surface area contributed by atoms with Crippen molar-refractivity contribution >= 4 is 11.8 Å². The molecular weight excluding hydrogens is 465 g/mol. The zero-order valence-electron chi connectivity index (χ0n) is 20.9. The van der Waals surface area contributed by atoms with Gasteiger partial charge in [-0.1, -0.05) is 24.3 Å². The van der Waals surface area contributed by atoms with Crippen molar-refractivity contribution in [2.45, 2.75) is 31.6 Å². The average molecular weight is 496 g/mol. The van der Waals surface area contributed by atoms with E-state index >= 15 is 4.39 Å². The lowest BCUT2D eigenvalue weighted by molar-refractivity contribution is -0.140. The van der Waals surface area contributed by atoms with Gasteiger partial charge in [0.2, 0.25) is 0 Å². The number of halogens is 1. The van der Waals surface area contributed by atoms with Gasteiger partial charge in [-0.05, 0) is 43.0 Å². The molecule has 2 atom stereocenters. The molecule has 0 amide bonds. The molecule has 1 aliphatic heterocycles. The van der Waals surface area contributed by atoms with Gasteiger partial charge >= 0.3 is 5.97 Å². The van der Waals surface area contributed by atoms with E-state index < -0.39 is 17.7 Å². The molecule has 0 spiro atoms. The molecular formula is C28H30FNO6. The fourth-order valence-electron chi connectivity index (χ4n) is 4.97. The molecule has 36 heavy (non-hydrogen) atoms. The van der Waals surface area contributed by atoms with Crippen LogP contribution in [0.3, 0.4) is 0 Å². The zero-order chi connectivity index (χ0) is 25.8. The van der Waals surface area contributed by atoms with E-state index in [2.05, 4.69) is 5.32 Å². The van der Waals surface area contributed by atoms with Gasteiger partial charge in [0.05, 0.1) is 32.3 Å². The quantitative estimate of drug-likeness (QED) is 0.430. The van der Waals surface area contributed by atoms with E-state index in [4.69, 9.17) is 18.9 Å². The van der Waals surface area contributed by atoms with Gasteiger partial charge in [0, 0.05) is 36.1 Å². The number of methoxy groups -OCH3 is 3. The first-order chi connectivity index (χ1) is 17.4. The van der Waals surface area contributed by atoms with Crippen molar-refractivity contribution in [3.05, 3.63) is 81.9 Å². The summed E-state index contributed by atoms with van der Waals surface area (Å²) in [6, 6.07) is 11.8. The van der Waals surface area contributed by atoms with Crippen LogP contribution in [-0.2, 0) is 19.1 Å². The van der Waals surface area contributed by atoms with Gasteiger partial charge in [-0.2, -0.15) is 0 Å². The number of hydrogen-bond donors (Lipinski definition) is 1. The van der Waals surface area contributed by atoms with Crippen molar-refractivity contribution in [2.24, 2.45) is 0 Å². The molecule has 0 bridgehead atoms. The summed E-state index contributed by atoms with van der Waals surface area (Å²) in [5.74, 6) is -1.03. The van der Waals surface area contributed by atoms with Gasteiger partial charge in [-0.3, -0.25) is 4.79 Å². The second-order valence-corrected chi connectivity index (χ2v) is 8.78. The summed E-state index contributed by atoms with van der Waals surface area (Å²) in [6.45, 7) is 2.03. The van der Waals surface area contributed by atoms with Crippen LogP contribution >= 0.6 is 0 Å². The third-order valence-corrected chi connectivity index (χ3v) is 6.66. The average Bonchev–Trinajstić information content (AvgIpc) is 2.87. The van der Waals surface area contributed by atoms with Crippen molar-refractivity contribution in [3.8, 4) is 11.5 Å². The van der Waals surface area contributed by atoms with E-state index in [9.17, 15) is 9.59 Å². The summed E-state index contributed by atoms with van der Waals surface area (Å²) in [5, 5.41) is 3.27. The highest BCUT2D eigenvalue weighted by atomic mass is 19.1. The molecule has 1 N–H and O–H groups in total. The Morgan fingerprint density at radius 3 is 2.47 bits per heavy atom. The monoisotopic (exact) mass is 495 g/mol. The maximum absolute atomic E-state index is 15.1. The number of benzene rings is 2. The minimum Gasteiger partial charge on any atom is -0.493 e. The van der Waals surface area contributed by atoms with Gasteiger partial charge in [-0.25, -0.2) is 9.18 Å². The predicted molar refractivity (Wildman–Crippen MR) is 131 cm³/mol. The van der Waals surface area contributed by atoms with Crippen molar-refractivity contribution in [2.75, 3.05) is 34.5 Å². The first kappa shape index (κ1) is 25.4. The molecule has 1 aliphatic carbocycles. The lowest BCUT2D eigenvalue weighted by Gasteiger charge is -2.36. The first-order valence-corrected chi connectivity index (χ1v) is 11.8. The number of esters is 1. The highest BCUT2D eigenvalue weighted by Gasteiger charge is 2.42. The molecule has 0 saturated carbocycles. The maximum atomic E-state index is 15.1. The van der Waals surface area contributed by atoms with Crippen LogP contribution in [0.1, 0.15) is 42.7 Å². The van der Waals surface area contributed by atoms with Crippen LogP contribution in [0.4, 0.5) is 4.39 Å². The summed E-state index contributed by atoms with van der Waals surface area (Å²) in [4.78, 5) is 26.8. The third kappa shape index (κ3) is 4.86. The molecule has 4 rings (SSSR count). The molecule has 0 radical (unpaired) electrons. The number of hydrogen-bond acceptors (Lipinski definition) is 7. The Morgan fingerprint density at radius 1 is 1.03 bits per heavy atom. The molecule has 0 saturated heterocycles. The number of allylic oxidation sites excluding steroid dienone is 3. The van der Waals surface area contributed by atoms with E-state index in [1.165, 1.54) is 13.2 Å². The Balaban J connectivity index is 1.75. The summed E-state index contributed by atoms with van der Waals surface area (Å²) in [7, 11) is 4.65. The first-order valence-electron chi connectivity index (χ1n) is 11.8. The van der Waals surface area contributed by atoms with Crippen molar-refractivity contribution in [3.63, 3.8) is 0 Å². The van der Waals surface area contributed by atoms with Crippen LogP contribution in [0, 0.1) is 5.82 Å². The van der Waals surface area contributed by atoms with Gasteiger partial charge in [0.25, 0.3) is 0 Å². The maximum Gasteiger partial charge on any atom is 0.336 e. The largest absolute Gasteiger partial charge is 0.493 e. The SMILES string of the molecule is COCCOC(=O)C1=C(C)NC2=C(C(=O)C[C@H](c3ccc(OC)c(OC)c3)C2)[C@H]1c1ccccc1F. The smallest absolute Gasteiger partial charge is 0.336 e. The van der Waals surface area contributed by atoms with E-state index in [0.29, 0.717) is 34.9 Å². The van der Waals surface area contributed by atoms with Crippen LogP contribution < -0.4 is 14.8 Å². The van der Waals surface area contributed by atoms with Crippen LogP contribution in [0.2, 0.25) is 0 Å². The second-order valence-electron chi connectivity index (χ2n) is 8.78. The Kier molecular flexibility index (Phi) is 7.74. The minimum absolute atomic E-state index is 0.0529. The molecule has 1 heterocycles. The number of ether oxygens (including phenoxy) is 4. The van der Waals surface area contributed by atoms with Crippen molar-refractivity contribution in [1.29, 1.82) is 0 Å². The number of Topliss-reactive ketones (excluding diaryl/α,β-unsaturated/α-hetero) is 1. The Morgan fingerprint density at radius 2 is 1.78 bits per heavy atom. The normalized spacial score (nSPS) is 19.5. The summed E-state index contributed by atoms with van der Waals surface area (Å²) >= 11 is 0. The number of rotatable bonds is 8. The topological polar surface area (TPSA) is 83.1 Å². The van der Waals surface area contributed by atoms with Gasteiger partial charge in [-0.15, -0.1) is 0 Å². The van der Waals surface area contributed by atoms with Crippen molar-refractivity contribution < 1.29 is 32.9 Å². The lowest BCUT2D eigenvalue weighted by atomic mass is 9.71. The molecule has 0 aromatic heterocycles. The van der Waals surface area contributed by atoms with Crippen molar-refractivity contribution in [1.82, 2.24) is 5.32 Å². The summed E-state index contributed by atoms with van der Waals surface area (Å²) in [5.41, 5.74) is 3.05. The molecule has 7 nitrogen and oxygen atoms in total.